The highest BCUT2D eigenvalue weighted by molar-refractivity contribution is 6.06. The normalized spacial score (nSPS) is 11.1. The van der Waals surface area contributed by atoms with Crippen LogP contribution >= 0.6 is 0 Å². The molecular weight excluding hydrogens is 400 g/mol. The first-order chi connectivity index (χ1) is 15.6. The zero-order valence-corrected chi connectivity index (χ0v) is 17.9. The number of nitrogens with one attached hydrogen (secondary N) is 1. The lowest BCUT2D eigenvalue weighted by Crippen LogP contribution is -2.13. The number of pyridine rings is 1. The molecule has 7 nitrogen and oxygen atoms in total. The third kappa shape index (κ3) is 3.65. The molecule has 158 valence electrons. The lowest BCUT2D eigenvalue weighted by atomic mass is 10.2. The number of fused-ring (bicyclic) bond motifs is 1. The minimum atomic E-state index is -0.228. The molecule has 0 fully saturated rings. The summed E-state index contributed by atoms with van der Waals surface area (Å²) in [6, 6.07) is 21.8. The van der Waals surface area contributed by atoms with Crippen LogP contribution in [0.3, 0.4) is 0 Å². The zero-order valence-electron chi connectivity index (χ0n) is 17.9. The summed E-state index contributed by atoms with van der Waals surface area (Å²) < 4.78 is 3.67. The Hall–Kier alpha value is -4.26. The number of para-hydroxylation sites is 1. The van der Waals surface area contributed by atoms with Gasteiger partial charge in [0.05, 0.1) is 41.1 Å². The van der Waals surface area contributed by atoms with Gasteiger partial charge in [-0.25, -0.2) is 14.3 Å². The van der Waals surface area contributed by atoms with Crippen LogP contribution in [0.1, 0.15) is 27.3 Å². The SMILES string of the molecule is Cc1nn(-c2ccccc2)c(C)c1NC(=O)c1cnc2c(cnn2Cc2ccccc2)c1. The lowest BCUT2D eigenvalue weighted by molar-refractivity contribution is 0.102. The number of hydrogen-bond donors (Lipinski definition) is 1. The Kier molecular flexibility index (Phi) is 4.99. The van der Waals surface area contributed by atoms with Crippen molar-refractivity contribution >= 4 is 22.6 Å². The second-order valence-corrected chi connectivity index (χ2v) is 7.67. The van der Waals surface area contributed by atoms with Crippen LogP contribution < -0.4 is 5.32 Å². The van der Waals surface area contributed by atoms with Crippen molar-refractivity contribution in [2.45, 2.75) is 20.4 Å². The Bertz CT molecular complexity index is 1400. The molecule has 32 heavy (non-hydrogen) atoms. The Morgan fingerprint density at radius 1 is 0.969 bits per heavy atom. The average Bonchev–Trinajstić information content (AvgIpc) is 3.35. The number of aromatic nitrogens is 5. The zero-order chi connectivity index (χ0) is 22.1. The number of aryl methyl sites for hydroxylation is 1. The largest absolute Gasteiger partial charge is 0.319 e. The second kappa shape index (κ2) is 8.11. The summed E-state index contributed by atoms with van der Waals surface area (Å²) in [6.07, 6.45) is 3.33. The Labute approximate surface area is 185 Å². The van der Waals surface area contributed by atoms with Crippen LogP contribution in [-0.4, -0.2) is 30.5 Å². The van der Waals surface area contributed by atoms with E-state index in [-0.39, 0.29) is 5.91 Å². The molecule has 0 aliphatic heterocycles. The van der Waals surface area contributed by atoms with Crippen LogP contribution in [-0.2, 0) is 6.54 Å². The molecule has 2 aromatic carbocycles. The van der Waals surface area contributed by atoms with Gasteiger partial charge in [0.25, 0.3) is 5.91 Å². The van der Waals surface area contributed by atoms with Crippen molar-refractivity contribution in [1.29, 1.82) is 0 Å². The van der Waals surface area contributed by atoms with Gasteiger partial charge in [0.1, 0.15) is 0 Å². The molecule has 3 aromatic heterocycles. The van der Waals surface area contributed by atoms with Gasteiger partial charge in [-0.1, -0.05) is 48.5 Å². The third-order valence-electron chi connectivity index (χ3n) is 5.44. The van der Waals surface area contributed by atoms with E-state index in [2.05, 4.69) is 32.6 Å². The summed E-state index contributed by atoms with van der Waals surface area (Å²) in [5.74, 6) is -0.228. The maximum Gasteiger partial charge on any atom is 0.257 e. The molecule has 0 saturated carbocycles. The summed E-state index contributed by atoms with van der Waals surface area (Å²) in [7, 11) is 0. The molecule has 7 heteroatoms. The molecule has 5 rings (SSSR count). The monoisotopic (exact) mass is 422 g/mol. The molecule has 1 N–H and O–H groups in total. The van der Waals surface area contributed by atoms with Crippen LogP contribution in [0.25, 0.3) is 16.7 Å². The summed E-state index contributed by atoms with van der Waals surface area (Å²) in [6.45, 7) is 4.45. The van der Waals surface area contributed by atoms with Crippen molar-refractivity contribution in [3.8, 4) is 5.69 Å². The first-order valence-corrected chi connectivity index (χ1v) is 10.4. The predicted octanol–water partition coefficient (Wildman–Crippen LogP) is 4.53. The number of carbonyl (C=O) groups excluding carboxylic acids is 1. The predicted molar refractivity (Wildman–Crippen MR) is 124 cm³/mol. The van der Waals surface area contributed by atoms with E-state index in [1.165, 1.54) is 0 Å². The maximum atomic E-state index is 13.0. The number of hydrogen-bond acceptors (Lipinski definition) is 4. The number of nitrogens with zero attached hydrogens (tertiary/aromatic N) is 5. The first-order valence-electron chi connectivity index (χ1n) is 10.4. The molecule has 0 aliphatic carbocycles. The van der Waals surface area contributed by atoms with Crippen molar-refractivity contribution in [2.24, 2.45) is 0 Å². The molecule has 0 atom stereocenters. The van der Waals surface area contributed by atoms with Crippen LogP contribution in [0.4, 0.5) is 5.69 Å². The molecular formula is C25H22N6O. The fraction of sp³-hybridized carbons (Fsp3) is 0.120. The van der Waals surface area contributed by atoms with Crippen molar-refractivity contribution < 1.29 is 4.79 Å². The summed E-state index contributed by atoms with van der Waals surface area (Å²) in [4.78, 5) is 17.5. The standard InChI is InChI=1S/C25H22N6O/c1-17-23(18(2)31(29-17)22-11-7-4-8-12-22)28-25(32)21-13-20-15-27-30(24(20)26-14-21)16-19-9-5-3-6-10-19/h3-15H,16H2,1-2H3,(H,28,32). The quantitative estimate of drug-likeness (QED) is 0.451. The number of rotatable bonds is 5. The van der Waals surface area contributed by atoms with Crippen molar-refractivity contribution in [2.75, 3.05) is 5.32 Å². The van der Waals surface area contributed by atoms with Gasteiger partial charge in [0.15, 0.2) is 5.65 Å². The second-order valence-electron chi connectivity index (χ2n) is 7.67. The maximum absolute atomic E-state index is 13.0. The number of anilines is 1. The highest BCUT2D eigenvalue weighted by Gasteiger charge is 2.17. The van der Waals surface area contributed by atoms with Gasteiger partial charge < -0.3 is 5.32 Å². The molecule has 5 aromatic rings. The van der Waals surface area contributed by atoms with E-state index in [9.17, 15) is 4.79 Å². The molecule has 0 saturated heterocycles. The van der Waals surface area contributed by atoms with Gasteiger partial charge in [0.2, 0.25) is 0 Å². The Morgan fingerprint density at radius 3 is 2.44 bits per heavy atom. The minimum absolute atomic E-state index is 0.228. The van der Waals surface area contributed by atoms with Gasteiger partial charge in [0, 0.05) is 11.6 Å². The first kappa shape index (κ1) is 19.7. The van der Waals surface area contributed by atoms with E-state index in [4.69, 9.17) is 0 Å². The molecule has 1 amide bonds. The average molecular weight is 422 g/mol. The number of carbonyl (C=O) groups is 1. The van der Waals surface area contributed by atoms with Crippen molar-refractivity contribution in [3.05, 3.63) is 102 Å². The number of amides is 1. The van der Waals surface area contributed by atoms with E-state index < -0.39 is 0 Å². The highest BCUT2D eigenvalue weighted by atomic mass is 16.1. The summed E-state index contributed by atoms with van der Waals surface area (Å²) in [5, 5.41) is 12.9. The van der Waals surface area contributed by atoms with E-state index in [0.717, 1.165) is 33.7 Å². The summed E-state index contributed by atoms with van der Waals surface area (Å²) in [5.41, 5.74) is 5.64. The summed E-state index contributed by atoms with van der Waals surface area (Å²) >= 11 is 0. The smallest absolute Gasteiger partial charge is 0.257 e. The van der Waals surface area contributed by atoms with Crippen molar-refractivity contribution in [1.82, 2.24) is 24.5 Å². The van der Waals surface area contributed by atoms with Crippen LogP contribution in [0, 0.1) is 13.8 Å². The van der Waals surface area contributed by atoms with Gasteiger partial charge >= 0.3 is 0 Å². The van der Waals surface area contributed by atoms with E-state index >= 15 is 0 Å². The van der Waals surface area contributed by atoms with Gasteiger partial charge in [-0.2, -0.15) is 10.2 Å². The molecule has 0 unspecified atom stereocenters. The van der Waals surface area contributed by atoms with E-state index in [0.29, 0.717) is 17.8 Å². The fourth-order valence-electron chi connectivity index (χ4n) is 3.80. The van der Waals surface area contributed by atoms with Crippen molar-refractivity contribution in [3.63, 3.8) is 0 Å². The van der Waals surface area contributed by atoms with E-state index in [1.807, 2.05) is 77.8 Å². The third-order valence-corrected chi connectivity index (χ3v) is 5.44. The van der Waals surface area contributed by atoms with Crippen LogP contribution in [0.2, 0.25) is 0 Å². The van der Waals surface area contributed by atoms with Gasteiger partial charge in [-0.05, 0) is 37.6 Å². The fourth-order valence-corrected chi connectivity index (χ4v) is 3.80. The Balaban J connectivity index is 1.39. The van der Waals surface area contributed by atoms with Gasteiger partial charge in [-0.15, -0.1) is 0 Å². The molecule has 0 radical (unpaired) electrons. The minimum Gasteiger partial charge on any atom is -0.319 e. The van der Waals surface area contributed by atoms with Crippen LogP contribution in [0.15, 0.2) is 79.1 Å². The molecule has 0 aliphatic rings. The van der Waals surface area contributed by atoms with E-state index in [1.54, 1.807) is 12.4 Å². The molecule has 0 spiro atoms. The van der Waals surface area contributed by atoms with Crippen LogP contribution in [0.5, 0.6) is 0 Å². The molecule has 0 bridgehead atoms. The Morgan fingerprint density at radius 2 is 1.69 bits per heavy atom. The number of benzene rings is 2. The highest BCUT2D eigenvalue weighted by Crippen LogP contribution is 2.24. The lowest BCUT2D eigenvalue weighted by Gasteiger charge is -2.08. The molecule has 3 heterocycles. The topological polar surface area (TPSA) is 77.6 Å². The van der Waals surface area contributed by atoms with Gasteiger partial charge in [-0.3, -0.25) is 4.79 Å².